The smallest absolute Gasteiger partial charge is 0.129 e. The van der Waals surface area contributed by atoms with E-state index in [1.807, 2.05) is 12.3 Å². The van der Waals surface area contributed by atoms with Gasteiger partial charge < -0.3 is 9.80 Å². The number of nitrogens with zero attached hydrogens (tertiary/aromatic N) is 3. The van der Waals surface area contributed by atoms with Crippen molar-refractivity contribution in [3.05, 3.63) is 22.9 Å². The first-order chi connectivity index (χ1) is 6.77. The van der Waals surface area contributed by atoms with Gasteiger partial charge in [0.2, 0.25) is 0 Å². The highest BCUT2D eigenvalue weighted by Gasteiger charge is 2.15. The third-order valence-corrected chi connectivity index (χ3v) is 3.19. The highest BCUT2D eigenvalue weighted by atomic mass is 79.9. The third kappa shape index (κ3) is 2.07. The molecule has 0 atom stereocenters. The summed E-state index contributed by atoms with van der Waals surface area (Å²) in [6, 6.07) is 4.10. The van der Waals surface area contributed by atoms with E-state index in [1.54, 1.807) is 0 Å². The molecule has 1 aromatic heterocycles. The first kappa shape index (κ1) is 9.93. The molecule has 76 valence electrons. The van der Waals surface area contributed by atoms with Gasteiger partial charge in [-0.25, -0.2) is 4.98 Å². The van der Waals surface area contributed by atoms with Gasteiger partial charge in [-0.2, -0.15) is 0 Å². The van der Waals surface area contributed by atoms with Crippen molar-refractivity contribution in [2.75, 3.05) is 38.1 Å². The van der Waals surface area contributed by atoms with Gasteiger partial charge in [-0.1, -0.05) is 0 Å². The molecule has 4 heteroatoms. The molecule has 14 heavy (non-hydrogen) atoms. The standard InChI is InChI=1S/C10H14BrN3/c1-13-5-7-14(8-6-13)9-3-2-4-12-10(9)11/h2-4H,5-8H2,1H3. The molecule has 1 aliphatic rings. The molecule has 0 spiro atoms. The molecule has 1 aliphatic heterocycles. The minimum Gasteiger partial charge on any atom is -0.367 e. The quantitative estimate of drug-likeness (QED) is 0.711. The van der Waals surface area contributed by atoms with Crippen LogP contribution in [0.15, 0.2) is 22.9 Å². The molecule has 3 nitrogen and oxygen atoms in total. The van der Waals surface area contributed by atoms with Gasteiger partial charge in [-0.05, 0) is 35.1 Å². The summed E-state index contributed by atoms with van der Waals surface area (Å²) in [7, 11) is 2.16. The molecule has 0 saturated carbocycles. The predicted octanol–water partition coefficient (Wildman–Crippen LogP) is 1.60. The number of anilines is 1. The third-order valence-electron chi connectivity index (χ3n) is 2.58. The van der Waals surface area contributed by atoms with E-state index in [9.17, 15) is 0 Å². The van der Waals surface area contributed by atoms with Crippen molar-refractivity contribution >= 4 is 21.6 Å². The van der Waals surface area contributed by atoms with Crippen LogP contribution in [0.5, 0.6) is 0 Å². The van der Waals surface area contributed by atoms with Gasteiger partial charge >= 0.3 is 0 Å². The fourth-order valence-electron chi connectivity index (χ4n) is 1.66. The Morgan fingerprint density at radius 2 is 2.00 bits per heavy atom. The van der Waals surface area contributed by atoms with E-state index in [-0.39, 0.29) is 0 Å². The van der Waals surface area contributed by atoms with Crippen LogP contribution >= 0.6 is 15.9 Å². The number of likely N-dealkylation sites (N-methyl/N-ethyl adjacent to an activating group) is 1. The molecule has 0 aromatic carbocycles. The number of halogens is 1. The monoisotopic (exact) mass is 255 g/mol. The molecule has 0 radical (unpaired) electrons. The van der Waals surface area contributed by atoms with Crippen LogP contribution in [-0.4, -0.2) is 43.1 Å². The summed E-state index contributed by atoms with van der Waals surface area (Å²) in [4.78, 5) is 8.95. The Kier molecular flexibility index (Phi) is 3.03. The van der Waals surface area contributed by atoms with E-state index in [2.05, 4.69) is 43.8 Å². The molecule has 0 unspecified atom stereocenters. The first-order valence-corrected chi connectivity index (χ1v) is 5.60. The Morgan fingerprint density at radius 3 is 2.64 bits per heavy atom. The Labute approximate surface area is 92.9 Å². The van der Waals surface area contributed by atoms with Crippen molar-refractivity contribution < 1.29 is 0 Å². The van der Waals surface area contributed by atoms with Gasteiger partial charge in [0.25, 0.3) is 0 Å². The summed E-state index contributed by atoms with van der Waals surface area (Å²) in [6.07, 6.45) is 1.81. The molecule has 1 aromatic rings. The maximum Gasteiger partial charge on any atom is 0.129 e. The molecule has 2 heterocycles. The topological polar surface area (TPSA) is 19.4 Å². The van der Waals surface area contributed by atoms with E-state index in [1.165, 1.54) is 5.69 Å². The number of pyridine rings is 1. The lowest BCUT2D eigenvalue weighted by atomic mass is 10.3. The maximum absolute atomic E-state index is 4.23. The number of hydrogen-bond acceptors (Lipinski definition) is 3. The average molecular weight is 256 g/mol. The number of rotatable bonds is 1. The van der Waals surface area contributed by atoms with E-state index >= 15 is 0 Å². The highest BCUT2D eigenvalue weighted by Crippen LogP contribution is 2.23. The zero-order valence-corrected chi connectivity index (χ0v) is 9.87. The van der Waals surface area contributed by atoms with Crippen molar-refractivity contribution in [3.63, 3.8) is 0 Å². The Morgan fingerprint density at radius 1 is 1.29 bits per heavy atom. The number of aromatic nitrogens is 1. The predicted molar refractivity (Wildman–Crippen MR) is 61.6 cm³/mol. The summed E-state index contributed by atoms with van der Waals surface area (Å²) in [6.45, 7) is 4.42. The van der Waals surface area contributed by atoms with Crippen LogP contribution in [-0.2, 0) is 0 Å². The fourth-order valence-corrected chi connectivity index (χ4v) is 2.16. The zero-order chi connectivity index (χ0) is 9.97. The zero-order valence-electron chi connectivity index (χ0n) is 8.28. The Balaban J connectivity index is 2.12. The summed E-state index contributed by atoms with van der Waals surface area (Å²) in [5, 5.41) is 0. The Bertz CT molecular complexity index is 308. The maximum atomic E-state index is 4.23. The van der Waals surface area contributed by atoms with Crippen LogP contribution in [0.1, 0.15) is 0 Å². The Hall–Kier alpha value is -0.610. The van der Waals surface area contributed by atoms with Crippen LogP contribution in [0.4, 0.5) is 5.69 Å². The molecule has 0 amide bonds. The lowest BCUT2D eigenvalue weighted by molar-refractivity contribution is 0.312. The van der Waals surface area contributed by atoms with Gasteiger partial charge in [-0.3, -0.25) is 0 Å². The van der Waals surface area contributed by atoms with Gasteiger partial charge in [-0.15, -0.1) is 0 Å². The second kappa shape index (κ2) is 4.28. The van der Waals surface area contributed by atoms with Gasteiger partial charge in [0.1, 0.15) is 4.60 Å². The van der Waals surface area contributed by atoms with Crippen molar-refractivity contribution in [1.82, 2.24) is 9.88 Å². The van der Waals surface area contributed by atoms with Crippen molar-refractivity contribution in [2.24, 2.45) is 0 Å². The van der Waals surface area contributed by atoms with Crippen LogP contribution < -0.4 is 4.90 Å². The highest BCUT2D eigenvalue weighted by molar-refractivity contribution is 9.10. The minimum atomic E-state index is 0.949. The summed E-state index contributed by atoms with van der Waals surface area (Å²) in [5.74, 6) is 0. The van der Waals surface area contributed by atoms with Gasteiger partial charge in [0.15, 0.2) is 0 Å². The molecule has 0 aliphatic carbocycles. The van der Waals surface area contributed by atoms with Crippen LogP contribution in [0.3, 0.4) is 0 Å². The van der Waals surface area contributed by atoms with Crippen LogP contribution in [0.25, 0.3) is 0 Å². The molecule has 1 fully saturated rings. The molecule has 0 bridgehead atoms. The van der Waals surface area contributed by atoms with E-state index < -0.39 is 0 Å². The molecular weight excluding hydrogens is 242 g/mol. The number of hydrogen-bond donors (Lipinski definition) is 0. The SMILES string of the molecule is CN1CCN(c2cccnc2Br)CC1. The molecule has 0 N–H and O–H groups in total. The minimum absolute atomic E-state index is 0.949. The molecule has 1 saturated heterocycles. The largest absolute Gasteiger partial charge is 0.367 e. The van der Waals surface area contributed by atoms with Gasteiger partial charge in [0.05, 0.1) is 5.69 Å². The summed E-state index contributed by atoms with van der Waals surface area (Å²) < 4.78 is 0.949. The average Bonchev–Trinajstić information content (AvgIpc) is 2.20. The normalized spacial score (nSPS) is 18.6. The summed E-state index contributed by atoms with van der Waals surface area (Å²) >= 11 is 3.48. The van der Waals surface area contributed by atoms with Gasteiger partial charge in [0, 0.05) is 32.4 Å². The molecular formula is C10H14BrN3. The first-order valence-electron chi connectivity index (χ1n) is 4.81. The lowest BCUT2D eigenvalue weighted by Crippen LogP contribution is -2.44. The van der Waals surface area contributed by atoms with E-state index in [0.29, 0.717) is 0 Å². The van der Waals surface area contributed by atoms with Crippen molar-refractivity contribution in [1.29, 1.82) is 0 Å². The van der Waals surface area contributed by atoms with Crippen LogP contribution in [0, 0.1) is 0 Å². The summed E-state index contributed by atoms with van der Waals surface area (Å²) in [5.41, 5.74) is 1.21. The van der Waals surface area contributed by atoms with Crippen LogP contribution in [0.2, 0.25) is 0 Å². The van der Waals surface area contributed by atoms with Crippen molar-refractivity contribution in [2.45, 2.75) is 0 Å². The fraction of sp³-hybridized carbons (Fsp3) is 0.500. The van der Waals surface area contributed by atoms with E-state index in [0.717, 1.165) is 30.8 Å². The second-order valence-electron chi connectivity index (χ2n) is 3.60. The van der Waals surface area contributed by atoms with Crippen molar-refractivity contribution in [3.8, 4) is 0 Å². The van der Waals surface area contributed by atoms with E-state index in [4.69, 9.17) is 0 Å². The lowest BCUT2D eigenvalue weighted by Gasteiger charge is -2.34. The second-order valence-corrected chi connectivity index (χ2v) is 4.35. The number of piperazine rings is 1. The molecule has 2 rings (SSSR count).